The van der Waals surface area contributed by atoms with Crippen LogP contribution < -0.4 is 9.44 Å². The summed E-state index contributed by atoms with van der Waals surface area (Å²) in [6, 6.07) is 38.1. The summed E-state index contributed by atoms with van der Waals surface area (Å²) in [5.74, 6) is -1.90. The van der Waals surface area contributed by atoms with Gasteiger partial charge in [0.2, 0.25) is 19.9 Å². The number of thiophene rings is 1. The van der Waals surface area contributed by atoms with E-state index >= 15 is 0 Å². The maximum Gasteiger partial charge on any atom is 0.335 e. The number of nitrogens with one attached hydrogen (secondary N) is 2. The molecule has 16 heteroatoms. The fourth-order valence-electron chi connectivity index (χ4n) is 5.73. The van der Waals surface area contributed by atoms with E-state index in [1.54, 1.807) is 105 Å². The maximum atomic E-state index is 12.8. The molecular weight excluding hydrogens is 833 g/mol. The molecule has 1 aromatic heterocycles. The van der Waals surface area contributed by atoms with Crippen molar-refractivity contribution in [3.63, 3.8) is 0 Å². The third-order valence-electron chi connectivity index (χ3n) is 9.04. The lowest BCUT2D eigenvalue weighted by molar-refractivity contribution is 0.0684. The molecule has 0 aliphatic rings. The Labute approximate surface area is 348 Å². The average Bonchev–Trinajstić information content (AvgIpc) is 3.74. The van der Waals surface area contributed by atoms with Crippen molar-refractivity contribution in [3.05, 3.63) is 173 Å². The zero-order valence-corrected chi connectivity index (χ0v) is 35.2. The van der Waals surface area contributed by atoms with Gasteiger partial charge >= 0.3 is 11.9 Å². The molecule has 0 bridgehead atoms. The number of rotatable bonds is 16. The molecule has 0 radical (unpaired) electrons. The number of anilines is 2. The first kappa shape index (κ1) is 44.3. The Kier molecular flexibility index (Phi) is 14.5. The quantitative estimate of drug-likeness (QED) is 0.0735. The van der Waals surface area contributed by atoms with E-state index in [1.807, 2.05) is 24.3 Å². The summed E-state index contributed by atoms with van der Waals surface area (Å²) in [5.41, 5.74) is 4.89. The first-order valence-corrected chi connectivity index (χ1v) is 23.5. The highest BCUT2D eigenvalue weighted by Crippen LogP contribution is 2.31. The minimum absolute atomic E-state index is 0.0546. The minimum Gasteiger partial charge on any atom is -0.478 e. The Morgan fingerprint density at radius 1 is 0.525 bits per heavy atom. The van der Waals surface area contributed by atoms with Crippen LogP contribution in [0.1, 0.15) is 56.8 Å². The number of aromatic carboxylic acids is 2. The third-order valence-corrected chi connectivity index (χ3v) is 16.0. The van der Waals surface area contributed by atoms with E-state index < -0.39 is 47.1 Å². The van der Waals surface area contributed by atoms with Gasteiger partial charge in [0.05, 0.1) is 21.3 Å². The summed E-state index contributed by atoms with van der Waals surface area (Å²) in [6.45, 7) is 3.24. The van der Waals surface area contributed by atoms with Gasteiger partial charge in [-0.05, 0) is 122 Å². The Morgan fingerprint density at radius 3 is 1.41 bits per heavy atom. The van der Waals surface area contributed by atoms with Gasteiger partial charge in [-0.15, -0.1) is 11.3 Å². The maximum absolute atomic E-state index is 12.8. The summed E-state index contributed by atoms with van der Waals surface area (Å²) in [6.07, 6.45) is 2.41. The van der Waals surface area contributed by atoms with Crippen molar-refractivity contribution in [1.82, 2.24) is 0 Å². The monoisotopic (exact) mass is 874 g/mol. The molecule has 0 spiro atoms. The van der Waals surface area contributed by atoms with E-state index in [1.165, 1.54) is 24.3 Å². The van der Waals surface area contributed by atoms with Crippen LogP contribution in [0.4, 0.5) is 11.4 Å². The van der Waals surface area contributed by atoms with Gasteiger partial charge in [0.15, 0.2) is 0 Å². The van der Waals surface area contributed by atoms with Crippen LogP contribution >= 0.6 is 11.3 Å². The zero-order valence-electron chi connectivity index (χ0n) is 32.0. The van der Waals surface area contributed by atoms with Gasteiger partial charge < -0.3 is 10.2 Å². The highest BCUT2D eigenvalue weighted by atomic mass is 32.3. The van der Waals surface area contributed by atoms with Gasteiger partial charge in [-0.3, -0.25) is 9.44 Å². The van der Waals surface area contributed by atoms with Crippen LogP contribution in [0.3, 0.4) is 0 Å². The number of carbonyl (C=O) groups is 2. The van der Waals surface area contributed by atoms with Crippen molar-refractivity contribution in [1.29, 1.82) is 0 Å². The normalized spacial score (nSPS) is 11.6. The van der Waals surface area contributed by atoms with E-state index in [2.05, 4.69) is 9.44 Å². The Bertz CT molecular complexity index is 2730. The lowest BCUT2D eigenvalue weighted by Crippen LogP contribution is -2.22. The molecule has 12 nitrogen and oxygen atoms in total. The number of carboxylic acids is 2. The lowest BCUT2D eigenvalue weighted by atomic mass is 10.00. The van der Waals surface area contributed by atoms with Gasteiger partial charge in [-0.25, -0.2) is 34.8 Å². The molecule has 0 saturated carbocycles. The van der Waals surface area contributed by atoms with Crippen LogP contribution in [0.25, 0.3) is 0 Å². The van der Waals surface area contributed by atoms with E-state index in [0.717, 1.165) is 22.3 Å². The number of hydrogen-bond donors (Lipinski definition) is 4. The molecule has 1 heterocycles. The summed E-state index contributed by atoms with van der Waals surface area (Å²) >= 11 is 0.687. The number of benzene rings is 5. The second kappa shape index (κ2) is 19.3. The smallest absolute Gasteiger partial charge is 0.335 e. The Morgan fingerprint density at radius 2 is 0.949 bits per heavy atom. The molecule has 5 aromatic carbocycles. The third kappa shape index (κ3) is 11.9. The van der Waals surface area contributed by atoms with Crippen molar-refractivity contribution >= 4 is 64.5 Å². The predicted molar refractivity (Wildman–Crippen MR) is 229 cm³/mol. The fraction of sp³-hybridized carbons (Fsp3) is 0.163. The highest BCUT2D eigenvalue weighted by molar-refractivity contribution is 7.96. The summed E-state index contributed by atoms with van der Waals surface area (Å²) in [4.78, 5) is 22.7. The van der Waals surface area contributed by atoms with Crippen LogP contribution in [0, 0.1) is 0 Å². The van der Waals surface area contributed by atoms with Crippen LogP contribution in [0.5, 0.6) is 0 Å². The van der Waals surface area contributed by atoms with Crippen LogP contribution in [-0.2, 0) is 55.6 Å². The topological polar surface area (TPSA) is 201 Å². The number of aryl methyl sites for hydroxylation is 4. The molecule has 0 fully saturated rings. The van der Waals surface area contributed by atoms with E-state index in [-0.39, 0.29) is 18.9 Å². The molecule has 4 N–H and O–H groups in total. The molecule has 0 atom stereocenters. The standard InChI is InChI=1S/C25H21NO6S3.C18H21NO4S/c27-25(28)22-9-5-4-6-19(22)13-10-18-11-14-20(15-12-18)26-35(31,32)24-17-16-23(33-24)34(29,30)21-7-2-1-3-8-21;1-13(2)24(22,23)19-16-11-8-14(9-12-16)7-10-15-5-3-4-6-17(15)18(20)21/h1-9,11-12,14-17,26H,10,13H2,(H,27,28);3-6,8-9,11-13,19H,7,10H2,1-2H3,(H,20,21). The molecule has 0 unspecified atom stereocenters. The van der Waals surface area contributed by atoms with E-state index in [4.69, 9.17) is 0 Å². The van der Waals surface area contributed by atoms with Crippen molar-refractivity contribution in [2.24, 2.45) is 0 Å². The molecule has 0 saturated heterocycles. The number of hydrogen-bond acceptors (Lipinski definition) is 9. The average molecular weight is 875 g/mol. The van der Waals surface area contributed by atoms with E-state index in [9.17, 15) is 45.1 Å². The SMILES string of the molecule is CC(C)S(=O)(=O)Nc1ccc(CCc2ccccc2C(=O)O)cc1.O=C(O)c1ccccc1CCc1ccc(NS(=O)(=O)c2ccc(S(=O)(=O)c3ccccc3)s2)cc1. The first-order valence-electron chi connectivity index (χ1n) is 18.2. The second-order valence-electron chi connectivity index (χ2n) is 13.5. The van der Waals surface area contributed by atoms with Crippen molar-refractivity contribution in [3.8, 4) is 0 Å². The number of sulfone groups is 1. The number of sulfonamides is 2. The molecule has 308 valence electrons. The predicted octanol–water partition coefficient (Wildman–Crippen LogP) is 8.19. The second-order valence-corrected chi connectivity index (χ2v) is 20.9. The van der Waals surface area contributed by atoms with Gasteiger partial charge in [-0.1, -0.05) is 78.9 Å². The molecular formula is C43H42N2O10S4. The molecule has 6 aromatic rings. The highest BCUT2D eigenvalue weighted by Gasteiger charge is 2.24. The zero-order chi connectivity index (χ0) is 42.8. The van der Waals surface area contributed by atoms with Gasteiger partial charge in [-0.2, -0.15) is 0 Å². The van der Waals surface area contributed by atoms with Crippen molar-refractivity contribution in [2.75, 3.05) is 9.44 Å². The van der Waals surface area contributed by atoms with Gasteiger partial charge in [0.25, 0.3) is 10.0 Å². The molecule has 0 amide bonds. The van der Waals surface area contributed by atoms with Crippen LogP contribution in [0.15, 0.2) is 153 Å². The Hall–Kier alpha value is -5.81. The largest absolute Gasteiger partial charge is 0.478 e. The van der Waals surface area contributed by atoms with Gasteiger partial charge in [0, 0.05) is 11.4 Å². The van der Waals surface area contributed by atoms with Crippen LogP contribution in [0.2, 0.25) is 0 Å². The van der Waals surface area contributed by atoms with Crippen molar-refractivity contribution in [2.45, 2.75) is 58.1 Å². The molecule has 0 aliphatic heterocycles. The van der Waals surface area contributed by atoms with Gasteiger partial charge in [0.1, 0.15) is 8.42 Å². The molecule has 0 aliphatic carbocycles. The summed E-state index contributed by atoms with van der Waals surface area (Å²) in [7, 11) is -11.1. The summed E-state index contributed by atoms with van der Waals surface area (Å²) < 4.78 is 79.7. The molecule has 59 heavy (non-hydrogen) atoms. The minimum atomic E-state index is -3.98. The van der Waals surface area contributed by atoms with Crippen LogP contribution in [-0.4, -0.2) is 52.7 Å². The van der Waals surface area contributed by atoms with Crippen molar-refractivity contribution < 1.29 is 45.1 Å². The van der Waals surface area contributed by atoms with E-state index in [0.29, 0.717) is 54.0 Å². The molecule has 6 rings (SSSR count). The summed E-state index contributed by atoms with van der Waals surface area (Å²) in [5, 5.41) is 18.0. The first-order chi connectivity index (χ1) is 28.0. The Balaban J connectivity index is 0.000000241. The number of carboxylic acid groups (broad SMARTS) is 2. The lowest BCUT2D eigenvalue weighted by Gasteiger charge is -2.11. The fourth-order valence-corrected chi connectivity index (χ4v) is 10.7.